The molecule has 1 N–H and O–H groups in total. The molecule has 0 aliphatic rings. The lowest BCUT2D eigenvalue weighted by atomic mass is 10.2. The molecule has 0 atom stereocenters. The quantitative estimate of drug-likeness (QED) is 0.703. The van der Waals surface area contributed by atoms with Crippen molar-refractivity contribution in [2.45, 2.75) is 39.2 Å². The summed E-state index contributed by atoms with van der Waals surface area (Å²) in [6.07, 6.45) is 0.936. The van der Waals surface area contributed by atoms with E-state index in [1.165, 1.54) is 0 Å². The third-order valence-electron chi connectivity index (χ3n) is 1.94. The van der Waals surface area contributed by atoms with Gasteiger partial charge in [0.15, 0.2) is 0 Å². The van der Waals surface area contributed by atoms with E-state index in [1.54, 1.807) is 0 Å². The van der Waals surface area contributed by atoms with Crippen LogP contribution in [0, 0.1) is 0 Å². The third kappa shape index (κ3) is 11.3. The minimum atomic E-state index is -0.727. The monoisotopic (exact) mass is 217 g/mol. The molecule has 4 nitrogen and oxygen atoms in total. The molecule has 0 amide bonds. The molecule has 0 fully saturated rings. The van der Waals surface area contributed by atoms with Crippen molar-refractivity contribution in [3.63, 3.8) is 0 Å². The van der Waals surface area contributed by atoms with Crippen molar-refractivity contribution in [2.24, 2.45) is 0 Å². The fourth-order valence-corrected chi connectivity index (χ4v) is 1.12. The van der Waals surface area contributed by atoms with E-state index in [9.17, 15) is 4.79 Å². The number of aliphatic carboxylic acids is 1. The first-order valence-corrected chi connectivity index (χ1v) is 5.35. The van der Waals surface area contributed by atoms with E-state index in [4.69, 9.17) is 9.84 Å². The molecule has 0 saturated carbocycles. The highest BCUT2D eigenvalue weighted by Crippen LogP contribution is 2.06. The number of rotatable bonds is 7. The van der Waals surface area contributed by atoms with Crippen molar-refractivity contribution in [1.29, 1.82) is 0 Å². The molecule has 0 saturated heterocycles. The molecule has 0 aromatic carbocycles. The van der Waals surface area contributed by atoms with Gasteiger partial charge in [-0.3, -0.25) is 4.79 Å². The summed E-state index contributed by atoms with van der Waals surface area (Å²) in [5.41, 5.74) is -0.0953. The van der Waals surface area contributed by atoms with Gasteiger partial charge in [0.1, 0.15) is 0 Å². The van der Waals surface area contributed by atoms with E-state index in [1.807, 2.05) is 27.8 Å². The normalized spacial score (nSPS) is 12.1. The molecule has 0 aromatic rings. The van der Waals surface area contributed by atoms with Gasteiger partial charge in [0.2, 0.25) is 0 Å². The summed E-state index contributed by atoms with van der Waals surface area (Å²) in [6, 6.07) is 0. The van der Waals surface area contributed by atoms with Gasteiger partial charge in [-0.15, -0.1) is 0 Å². The highest BCUT2D eigenvalue weighted by atomic mass is 16.5. The summed E-state index contributed by atoms with van der Waals surface area (Å²) in [6.45, 7) is 8.41. The zero-order valence-corrected chi connectivity index (χ0v) is 10.2. The van der Waals surface area contributed by atoms with E-state index >= 15 is 0 Å². The van der Waals surface area contributed by atoms with Crippen LogP contribution in [0.15, 0.2) is 0 Å². The van der Waals surface area contributed by atoms with Crippen molar-refractivity contribution < 1.29 is 14.6 Å². The summed E-state index contributed by atoms with van der Waals surface area (Å²) in [4.78, 5) is 12.4. The van der Waals surface area contributed by atoms with Gasteiger partial charge in [0.25, 0.3) is 0 Å². The van der Waals surface area contributed by atoms with E-state index in [-0.39, 0.29) is 12.0 Å². The maximum Gasteiger partial charge on any atom is 0.303 e. The average Bonchev–Trinajstić information content (AvgIpc) is 2.00. The van der Waals surface area contributed by atoms with E-state index in [2.05, 4.69) is 4.90 Å². The van der Waals surface area contributed by atoms with Gasteiger partial charge in [0.05, 0.1) is 12.2 Å². The first kappa shape index (κ1) is 14.4. The van der Waals surface area contributed by atoms with E-state index < -0.39 is 5.97 Å². The summed E-state index contributed by atoms with van der Waals surface area (Å²) in [7, 11) is 1.98. The van der Waals surface area contributed by atoms with Gasteiger partial charge < -0.3 is 14.7 Å². The SMILES string of the molecule is CN(CCCC(=O)O)CCOC(C)(C)C. The second kappa shape index (κ2) is 6.80. The predicted octanol–water partition coefficient (Wildman–Crippen LogP) is 1.60. The van der Waals surface area contributed by atoms with Gasteiger partial charge in [-0.05, 0) is 40.8 Å². The predicted molar refractivity (Wildman–Crippen MR) is 60.1 cm³/mol. The molecule has 0 aliphatic carbocycles. The molecule has 0 rings (SSSR count). The van der Waals surface area contributed by atoms with Crippen LogP contribution in [-0.4, -0.2) is 48.3 Å². The second-order valence-corrected chi connectivity index (χ2v) is 4.76. The smallest absolute Gasteiger partial charge is 0.303 e. The molecule has 0 aliphatic heterocycles. The highest BCUT2D eigenvalue weighted by Gasteiger charge is 2.10. The number of carboxylic acid groups (broad SMARTS) is 1. The average molecular weight is 217 g/mol. The largest absolute Gasteiger partial charge is 0.481 e. The van der Waals surface area contributed by atoms with Crippen molar-refractivity contribution in [3.05, 3.63) is 0 Å². The topological polar surface area (TPSA) is 49.8 Å². The van der Waals surface area contributed by atoms with E-state index in [0.29, 0.717) is 13.0 Å². The van der Waals surface area contributed by atoms with Crippen molar-refractivity contribution in [2.75, 3.05) is 26.7 Å². The second-order valence-electron chi connectivity index (χ2n) is 4.76. The fraction of sp³-hybridized carbons (Fsp3) is 0.909. The lowest BCUT2D eigenvalue weighted by Crippen LogP contribution is -2.29. The van der Waals surface area contributed by atoms with Gasteiger partial charge in [-0.2, -0.15) is 0 Å². The summed E-state index contributed by atoms with van der Waals surface area (Å²) >= 11 is 0. The summed E-state index contributed by atoms with van der Waals surface area (Å²) in [5, 5.41) is 8.47. The minimum Gasteiger partial charge on any atom is -0.481 e. The molecular formula is C11H23NO3. The Morgan fingerprint density at radius 1 is 1.33 bits per heavy atom. The Morgan fingerprint density at radius 2 is 1.93 bits per heavy atom. The Morgan fingerprint density at radius 3 is 2.40 bits per heavy atom. The molecular weight excluding hydrogens is 194 g/mol. The number of carbonyl (C=O) groups is 1. The van der Waals surface area contributed by atoms with Crippen molar-refractivity contribution in [3.8, 4) is 0 Å². The van der Waals surface area contributed by atoms with E-state index in [0.717, 1.165) is 13.1 Å². The zero-order chi connectivity index (χ0) is 11.9. The van der Waals surface area contributed by atoms with Crippen LogP contribution in [0.3, 0.4) is 0 Å². The molecule has 90 valence electrons. The molecule has 0 bridgehead atoms. The summed E-state index contributed by atoms with van der Waals surface area (Å²) in [5.74, 6) is -0.727. The lowest BCUT2D eigenvalue weighted by Gasteiger charge is -2.22. The molecule has 0 unspecified atom stereocenters. The molecule has 0 spiro atoms. The van der Waals surface area contributed by atoms with Crippen LogP contribution in [-0.2, 0) is 9.53 Å². The van der Waals surface area contributed by atoms with Crippen LogP contribution in [0.25, 0.3) is 0 Å². The Labute approximate surface area is 92.2 Å². The maximum atomic E-state index is 10.3. The van der Waals surface area contributed by atoms with Crippen LogP contribution in [0.1, 0.15) is 33.6 Å². The molecule has 0 heterocycles. The van der Waals surface area contributed by atoms with Crippen molar-refractivity contribution in [1.82, 2.24) is 4.90 Å². The van der Waals surface area contributed by atoms with Crippen LogP contribution < -0.4 is 0 Å². The van der Waals surface area contributed by atoms with Crippen molar-refractivity contribution >= 4 is 5.97 Å². The lowest BCUT2D eigenvalue weighted by molar-refractivity contribution is -0.137. The molecule has 0 aromatic heterocycles. The highest BCUT2D eigenvalue weighted by molar-refractivity contribution is 5.66. The van der Waals surface area contributed by atoms with Crippen LogP contribution in [0.5, 0.6) is 0 Å². The first-order chi connectivity index (χ1) is 6.81. The number of likely N-dealkylation sites (N-methyl/N-ethyl adjacent to an activating group) is 1. The molecule has 15 heavy (non-hydrogen) atoms. The standard InChI is InChI=1S/C11H23NO3/c1-11(2,3)15-9-8-12(4)7-5-6-10(13)14/h5-9H2,1-4H3,(H,13,14). The summed E-state index contributed by atoms with van der Waals surface area (Å²) < 4.78 is 5.57. The number of nitrogens with zero attached hydrogens (tertiary/aromatic N) is 1. The Kier molecular flexibility index (Phi) is 6.52. The third-order valence-corrected chi connectivity index (χ3v) is 1.94. The zero-order valence-electron chi connectivity index (χ0n) is 10.2. The number of ether oxygens (including phenoxy) is 1. The Hall–Kier alpha value is -0.610. The maximum absolute atomic E-state index is 10.3. The minimum absolute atomic E-state index is 0.0953. The molecule has 0 radical (unpaired) electrons. The first-order valence-electron chi connectivity index (χ1n) is 5.35. The molecule has 4 heteroatoms. The van der Waals surface area contributed by atoms with Crippen LogP contribution >= 0.6 is 0 Å². The Bertz CT molecular complexity index is 187. The fourth-order valence-electron chi connectivity index (χ4n) is 1.12. The van der Waals surface area contributed by atoms with Gasteiger partial charge in [-0.1, -0.05) is 0 Å². The van der Waals surface area contributed by atoms with Gasteiger partial charge in [0, 0.05) is 13.0 Å². The van der Waals surface area contributed by atoms with Gasteiger partial charge >= 0.3 is 5.97 Å². The van der Waals surface area contributed by atoms with Crippen LogP contribution in [0.2, 0.25) is 0 Å². The Balaban J connectivity index is 3.41. The number of carboxylic acids is 1. The van der Waals surface area contributed by atoms with Gasteiger partial charge in [-0.25, -0.2) is 0 Å². The number of hydrogen-bond acceptors (Lipinski definition) is 3. The number of hydrogen-bond donors (Lipinski definition) is 1. The van der Waals surface area contributed by atoms with Crippen LogP contribution in [0.4, 0.5) is 0 Å².